The average Bonchev–Trinajstić information content (AvgIpc) is 3.34. The number of para-hydroxylation sites is 2. The zero-order chi connectivity index (χ0) is 42.1. The van der Waals surface area contributed by atoms with Crippen molar-refractivity contribution in [1.82, 2.24) is 0 Å². The molecule has 0 radical (unpaired) electrons. The monoisotopic (exact) mass is 804 g/mol. The number of nitrogens with zero attached hydrogens (tertiary/aromatic N) is 2. The molecular formula is C61H44N2. The second-order valence-electron chi connectivity index (χ2n) is 17.4. The highest BCUT2D eigenvalue weighted by Gasteiger charge is 2.34. The van der Waals surface area contributed by atoms with Crippen LogP contribution in [0.5, 0.6) is 0 Å². The smallest absolute Gasteiger partial charge is 0.0468 e. The van der Waals surface area contributed by atoms with Gasteiger partial charge in [0.1, 0.15) is 0 Å². The van der Waals surface area contributed by atoms with Crippen molar-refractivity contribution >= 4 is 77.2 Å². The number of anilines is 6. The molecule has 11 aromatic carbocycles. The molecule has 0 aliphatic heterocycles. The predicted octanol–water partition coefficient (Wildman–Crippen LogP) is 17.2. The molecule has 2 nitrogen and oxygen atoms in total. The Morgan fingerprint density at radius 2 is 0.778 bits per heavy atom. The van der Waals surface area contributed by atoms with Crippen molar-refractivity contribution in [2.24, 2.45) is 0 Å². The van der Waals surface area contributed by atoms with Crippen molar-refractivity contribution in [2.45, 2.75) is 19.3 Å². The molecule has 0 unspecified atom stereocenters. The summed E-state index contributed by atoms with van der Waals surface area (Å²) in [7, 11) is 0. The van der Waals surface area contributed by atoms with E-state index in [-0.39, 0.29) is 5.41 Å². The molecule has 0 atom stereocenters. The molecule has 1 aliphatic rings. The molecule has 298 valence electrons. The molecule has 0 heterocycles. The van der Waals surface area contributed by atoms with Crippen LogP contribution < -0.4 is 9.80 Å². The van der Waals surface area contributed by atoms with E-state index in [2.05, 4.69) is 254 Å². The SMILES string of the molecule is CC1(C)c2cc(N(c3ccccc3)c3ccc4ccccc4c3)ccc2-c2cc3ccc(-c4ccc(N(c5ccccc5)c5ccc6ccccc6c5)cc4)cc3c3cccc1c23. The Balaban J connectivity index is 0.946. The minimum absolute atomic E-state index is 0.236. The van der Waals surface area contributed by atoms with Crippen LogP contribution in [0.1, 0.15) is 25.0 Å². The first-order valence-electron chi connectivity index (χ1n) is 21.9. The molecule has 0 N–H and O–H groups in total. The Bertz CT molecular complexity index is 3530. The van der Waals surface area contributed by atoms with Crippen LogP contribution in [0, 0.1) is 0 Å². The summed E-state index contributed by atoms with van der Waals surface area (Å²) in [5.41, 5.74) is 14.3. The van der Waals surface area contributed by atoms with Crippen molar-refractivity contribution in [3.05, 3.63) is 242 Å². The average molecular weight is 805 g/mol. The lowest BCUT2D eigenvalue weighted by Gasteiger charge is -2.37. The van der Waals surface area contributed by atoms with Crippen LogP contribution in [0.25, 0.3) is 65.3 Å². The van der Waals surface area contributed by atoms with E-state index in [9.17, 15) is 0 Å². The minimum atomic E-state index is -0.236. The van der Waals surface area contributed by atoms with Gasteiger partial charge in [-0.25, -0.2) is 0 Å². The standard InChI is InChI=1S/C61H44N2/c1-61(2)58-23-13-22-55-56-38-46(43-26-30-50(31-27-43)62(48-18-5-3-6-19-48)51-32-28-41-14-9-11-16-44(41)36-51)24-25-47(56)39-57(60(55)58)54-35-34-53(40-59(54)61)63(49-20-7-4-8-21-49)52-33-29-42-15-10-12-17-45(42)37-52/h3-40H,1-2H3. The van der Waals surface area contributed by atoms with Gasteiger partial charge >= 0.3 is 0 Å². The molecule has 0 bridgehead atoms. The zero-order valence-electron chi connectivity index (χ0n) is 35.3. The van der Waals surface area contributed by atoms with Crippen LogP contribution in [-0.2, 0) is 5.41 Å². The Morgan fingerprint density at radius 1 is 0.286 bits per heavy atom. The van der Waals surface area contributed by atoms with Gasteiger partial charge in [-0.2, -0.15) is 0 Å². The van der Waals surface area contributed by atoms with E-state index in [1.807, 2.05) is 0 Å². The summed E-state index contributed by atoms with van der Waals surface area (Å²) < 4.78 is 0. The third-order valence-corrected chi connectivity index (χ3v) is 13.3. The van der Waals surface area contributed by atoms with E-state index in [4.69, 9.17) is 0 Å². The van der Waals surface area contributed by atoms with Gasteiger partial charge in [0, 0.05) is 39.5 Å². The van der Waals surface area contributed by atoms with Gasteiger partial charge in [-0.1, -0.05) is 159 Å². The third kappa shape index (κ3) is 6.17. The third-order valence-electron chi connectivity index (χ3n) is 13.3. The molecular weight excluding hydrogens is 761 g/mol. The fourth-order valence-electron chi connectivity index (χ4n) is 10.2. The quantitative estimate of drug-likeness (QED) is 0.148. The molecule has 2 heteroatoms. The maximum Gasteiger partial charge on any atom is 0.0468 e. The fraction of sp³-hybridized carbons (Fsp3) is 0.0492. The Morgan fingerprint density at radius 3 is 1.41 bits per heavy atom. The van der Waals surface area contributed by atoms with Crippen molar-refractivity contribution in [3.8, 4) is 22.3 Å². The van der Waals surface area contributed by atoms with Gasteiger partial charge in [-0.05, 0) is 161 Å². The Labute approximate surface area is 368 Å². The highest BCUT2D eigenvalue weighted by molar-refractivity contribution is 6.17. The molecule has 1 aliphatic carbocycles. The number of rotatable bonds is 7. The fourth-order valence-corrected chi connectivity index (χ4v) is 10.2. The molecule has 0 amide bonds. The van der Waals surface area contributed by atoms with Crippen molar-refractivity contribution < 1.29 is 0 Å². The second kappa shape index (κ2) is 14.6. The van der Waals surface area contributed by atoms with Gasteiger partial charge in [0.15, 0.2) is 0 Å². The van der Waals surface area contributed by atoms with Gasteiger partial charge in [0.2, 0.25) is 0 Å². The molecule has 11 aromatic rings. The summed E-state index contributed by atoms with van der Waals surface area (Å²) in [5.74, 6) is 0. The largest absolute Gasteiger partial charge is 0.310 e. The summed E-state index contributed by atoms with van der Waals surface area (Å²) in [6.45, 7) is 4.80. The van der Waals surface area contributed by atoms with Gasteiger partial charge < -0.3 is 9.80 Å². The van der Waals surface area contributed by atoms with E-state index in [0.29, 0.717) is 0 Å². The van der Waals surface area contributed by atoms with E-state index in [1.54, 1.807) is 0 Å². The molecule has 0 aromatic heterocycles. The summed E-state index contributed by atoms with van der Waals surface area (Å²) >= 11 is 0. The van der Waals surface area contributed by atoms with Crippen LogP contribution >= 0.6 is 0 Å². The van der Waals surface area contributed by atoms with Crippen molar-refractivity contribution in [2.75, 3.05) is 9.80 Å². The van der Waals surface area contributed by atoms with E-state index in [0.717, 1.165) is 34.1 Å². The zero-order valence-corrected chi connectivity index (χ0v) is 35.3. The van der Waals surface area contributed by atoms with Crippen LogP contribution in [0.3, 0.4) is 0 Å². The van der Waals surface area contributed by atoms with Gasteiger partial charge in [-0.15, -0.1) is 0 Å². The lowest BCUT2D eigenvalue weighted by Crippen LogP contribution is -2.24. The van der Waals surface area contributed by atoms with E-state index >= 15 is 0 Å². The number of fused-ring (bicyclic) bond motifs is 6. The van der Waals surface area contributed by atoms with E-state index < -0.39 is 0 Å². The first-order chi connectivity index (χ1) is 31.0. The van der Waals surface area contributed by atoms with Crippen LogP contribution in [0.15, 0.2) is 231 Å². The maximum atomic E-state index is 2.44. The number of benzene rings is 11. The predicted molar refractivity (Wildman–Crippen MR) is 269 cm³/mol. The second-order valence-corrected chi connectivity index (χ2v) is 17.4. The lowest BCUT2D eigenvalue weighted by atomic mass is 9.68. The Hall–Kier alpha value is -7.94. The highest BCUT2D eigenvalue weighted by Crippen LogP contribution is 2.52. The van der Waals surface area contributed by atoms with Crippen LogP contribution in [0.2, 0.25) is 0 Å². The maximum absolute atomic E-state index is 2.44. The lowest BCUT2D eigenvalue weighted by molar-refractivity contribution is 0.645. The summed E-state index contributed by atoms with van der Waals surface area (Å²) in [6, 6.07) is 84.6. The minimum Gasteiger partial charge on any atom is -0.310 e. The molecule has 63 heavy (non-hydrogen) atoms. The van der Waals surface area contributed by atoms with Gasteiger partial charge in [0.25, 0.3) is 0 Å². The highest BCUT2D eigenvalue weighted by atomic mass is 15.1. The van der Waals surface area contributed by atoms with E-state index in [1.165, 1.54) is 76.5 Å². The molecule has 0 saturated heterocycles. The topological polar surface area (TPSA) is 6.48 Å². The van der Waals surface area contributed by atoms with Gasteiger partial charge in [0.05, 0.1) is 0 Å². The van der Waals surface area contributed by atoms with Crippen LogP contribution in [-0.4, -0.2) is 0 Å². The van der Waals surface area contributed by atoms with Crippen LogP contribution in [0.4, 0.5) is 34.1 Å². The normalized spacial score (nSPS) is 12.7. The number of hydrogen-bond acceptors (Lipinski definition) is 2. The molecule has 0 fully saturated rings. The molecule has 0 saturated carbocycles. The summed E-state index contributed by atoms with van der Waals surface area (Å²) in [6.07, 6.45) is 0. The van der Waals surface area contributed by atoms with Crippen molar-refractivity contribution in [3.63, 3.8) is 0 Å². The van der Waals surface area contributed by atoms with Crippen molar-refractivity contribution in [1.29, 1.82) is 0 Å². The summed E-state index contributed by atoms with van der Waals surface area (Å²) in [5, 5.41) is 10.1. The molecule has 12 rings (SSSR count). The first kappa shape index (κ1) is 36.9. The first-order valence-corrected chi connectivity index (χ1v) is 21.9. The molecule has 0 spiro atoms. The summed E-state index contributed by atoms with van der Waals surface area (Å²) in [4.78, 5) is 4.74. The van der Waals surface area contributed by atoms with Gasteiger partial charge in [-0.3, -0.25) is 0 Å². The Kier molecular flexibility index (Phi) is 8.55. The number of hydrogen-bond donors (Lipinski definition) is 0.